The molecule has 0 nitrogen and oxygen atoms in total. The van der Waals surface area contributed by atoms with Crippen molar-refractivity contribution in [2.45, 2.75) is 135 Å². The molecule has 1 aliphatic carbocycles. The summed E-state index contributed by atoms with van der Waals surface area (Å²) in [5, 5.41) is 2.84. The fourth-order valence-corrected chi connectivity index (χ4v) is 41.8. The van der Waals surface area contributed by atoms with Crippen molar-refractivity contribution in [3.05, 3.63) is 351 Å². The zero-order valence-corrected chi connectivity index (χ0v) is 71.9. The summed E-state index contributed by atoms with van der Waals surface area (Å²) in [6, 6.07) is 131. The summed E-state index contributed by atoms with van der Waals surface area (Å²) < 4.78 is 8.76. The molecule has 0 radical (unpaired) electrons. The predicted molar refractivity (Wildman–Crippen MR) is 505 cm³/mol. The van der Waals surface area contributed by atoms with E-state index in [2.05, 4.69) is 354 Å². The first kappa shape index (κ1) is 76.5. The molecule has 1 aliphatic rings. The molecule has 0 amide bonds. The van der Waals surface area contributed by atoms with Crippen molar-refractivity contribution in [3.8, 4) is 96.0 Å². The Morgan fingerprint density at radius 3 is 0.664 bits per heavy atom. The second-order valence-electron chi connectivity index (χ2n) is 30.9. The van der Waals surface area contributed by atoms with Gasteiger partial charge in [0.2, 0.25) is 16.1 Å². The van der Waals surface area contributed by atoms with Crippen LogP contribution >= 0.6 is 68.0 Å². The lowest BCUT2D eigenvalue weighted by Gasteiger charge is -2.33. The van der Waals surface area contributed by atoms with Gasteiger partial charge in [-0.25, -0.2) is 0 Å². The van der Waals surface area contributed by atoms with Crippen LogP contribution in [-0.2, 0) is 5.41 Å². The lowest BCUT2D eigenvalue weighted by Crippen LogP contribution is -2.72. The van der Waals surface area contributed by atoms with Gasteiger partial charge < -0.3 is 0 Å². The van der Waals surface area contributed by atoms with E-state index in [-0.39, 0.29) is 5.41 Å². The number of hydrogen-bond acceptors (Lipinski definition) is 6. The standard InChI is InChI=1S/C105H98S6Si2/c1-3-5-7-9-11-13-15-35-73-105(74-36-16-14-12-10-8-6-4-2)91-75-85(77-49-55-87(56-50-77)112(99-67-61-93(106-99)79-37-23-17-24-38-79,100-68-62-94(107-100)80-39-25-18-26-40-80)101-69-63-95(108-101)81-41-27-19-28-42-81)53-59-89(91)90-60-54-86(76-92(90)105)78-51-57-88(58-52-78)113(102-70-64-96(109-102)82-43-29-20-30-44-82,103-71-65-97(110-103)83-45-31-21-32-46-83)104-72-66-98(111-104)84-47-33-22-34-48-84/h17-34,37-72,75-76H,3-16,35-36,73-74H2,1-2H3. The third kappa shape index (κ3) is 15.9. The monoisotopic (exact) mass is 1610 g/mol. The van der Waals surface area contributed by atoms with Crippen molar-refractivity contribution in [1.82, 2.24) is 0 Å². The van der Waals surface area contributed by atoms with Gasteiger partial charge in [-0.2, -0.15) is 0 Å². The summed E-state index contributed by atoms with van der Waals surface area (Å²) in [4.78, 5) is 7.87. The highest BCUT2D eigenvalue weighted by molar-refractivity contribution is 7.51. The lowest BCUT2D eigenvalue weighted by molar-refractivity contribution is 0.397. The first-order valence-corrected chi connectivity index (χ1v) is 50.3. The van der Waals surface area contributed by atoms with E-state index in [0.29, 0.717) is 0 Å². The first-order valence-electron chi connectivity index (χ1n) is 41.4. The van der Waals surface area contributed by atoms with Crippen LogP contribution in [0.15, 0.2) is 340 Å². The van der Waals surface area contributed by atoms with E-state index in [1.54, 1.807) is 11.1 Å². The maximum Gasteiger partial charge on any atom is 0.212 e. The summed E-state index contributed by atoms with van der Waals surface area (Å²) in [5.74, 6) is 0. The molecule has 17 rings (SSSR count). The third-order valence-electron chi connectivity index (χ3n) is 23.8. The van der Waals surface area contributed by atoms with E-state index in [0.717, 1.165) is 12.8 Å². The Labute approximate surface area is 697 Å². The highest BCUT2D eigenvalue weighted by atomic mass is 32.1. The van der Waals surface area contributed by atoms with Gasteiger partial charge in [-0.15, -0.1) is 68.0 Å². The molecule has 113 heavy (non-hydrogen) atoms. The molecular weight excluding hydrogens is 1510 g/mol. The minimum atomic E-state index is -2.97. The fraction of sp³-hybridized carbons (Fsp3) is 0.200. The van der Waals surface area contributed by atoms with Gasteiger partial charge >= 0.3 is 0 Å². The molecule has 0 unspecified atom stereocenters. The normalized spacial score (nSPS) is 12.5. The summed E-state index contributed by atoms with van der Waals surface area (Å²) in [5.41, 5.74) is 18.6. The second kappa shape index (κ2) is 35.7. The van der Waals surface area contributed by atoms with Gasteiger partial charge in [0, 0.05) is 61.7 Å². The Kier molecular flexibility index (Phi) is 24.2. The van der Waals surface area contributed by atoms with Gasteiger partial charge in [-0.05, 0) is 150 Å². The van der Waals surface area contributed by atoms with Crippen LogP contribution in [0.1, 0.15) is 141 Å². The van der Waals surface area contributed by atoms with Crippen LogP contribution < -0.4 is 37.4 Å². The summed E-state index contributed by atoms with van der Waals surface area (Å²) in [6.45, 7) is 4.68. The molecule has 0 bridgehead atoms. The SMILES string of the molecule is CCCCCCCCCCC1(CCCCCCCCCC)c2cc(-c3ccc([Si](c4ccc(-c5ccccc5)s4)(c4ccc(-c5ccccc5)s4)c4ccc(-c5ccccc5)s4)cc3)ccc2-c2ccc(-c3ccc([Si](c4ccc(-c5ccccc5)s4)(c4ccc(-c5ccccc5)s4)c4ccc(-c5ccccc5)s4)cc3)cc21. The van der Waals surface area contributed by atoms with Crippen LogP contribution in [0.3, 0.4) is 0 Å². The van der Waals surface area contributed by atoms with Crippen LogP contribution in [-0.4, -0.2) is 16.1 Å². The molecule has 6 aromatic heterocycles. The molecule has 0 saturated heterocycles. The number of unbranched alkanes of at least 4 members (excludes halogenated alkanes) is 14. The number of thiophene rings is 6. The zero-order valence-electron chi connectivity index (χ0n) is 65.0. The van der Waals surface area contributed by atoms with Gasteiger partial charge in [0.05, 0.1) is 0 Å². The van der Waals surface area contributed by atoms with Crippen molar-refractivity contribution in [2.24, 2.45) is 0 Å². The molecule has 0 atom stereocenters. The smallest absolute Gasteiger partial charge is 0.144 e. The molecule has 0 fully saturated rings. The Morgan fingerprint density at radius 2 is 0.425 bits per heavy atom. The predicted octanol–water partition coefficient (Wildman–Crippen LogP) is 27.5. The van der Waals surface area contributed by atoms with Crippen molar-refractivity contribution < 1.29 is 0 Å². The average molecular weight is 1610 g/mol. The number of benzene rings is 10. The van der Waals surface area contributed by atoms with Crippen LogP contribution in [0.25, 0.3) is 96.0 Å². The highest BCUT2D eigenvalue weighted by Gasteiger charge is 2.48. The molecule has 0 spiro atoms. The van der Waals surface area contributed by atoms with Crippen LogP contribution in [0.5, 0.6) is 0 Å². The molecule has 8 heteroatoms. The Hall–Kier alpha value is -9.17. The molecule has 0 saturated carbocycles. The van der Waals surface area contributed by atoms with E-state index in [4.69, 9.17) is 0 Å². The lowest BCUT2D eigenvalue weighted by atomic mass is 9.70. The molecule has 0 aliphatic heterocycles. The minimum absolute atomic E-state index is 0.146. The fourth-order valence-electron chi connectivity index (χ4n) is 17.8. The average Bonchev–Trinajstić information content (AvgIpc) is 1.59. The number of fused-ring (bicyclic) bond motifs is 3. The summed E-state index contributed by atoms with van der Waals surface area (Å²) in [6.07, 6.45) is 23.2. The van der Waals surface area contributed by atoms with Crippen molar-refractivity contribution in [1.29, 1.82) is 0 Å². The minimum Gasteiger partial charge on any atom is -0.144 e. The Bertz CT molecular complexity index is 4990. The zero-order chi connectivity index (χ0) is 76.2. The van der Waals surface area contributed by atoms with Crippen LogP contribution in [0, 0.1) is 0 Å². The van der Waals surface area contributed by atoms with E-state index in [1.807, 2.05) is 68.0 Å². The topological polar surface area (TPSA) is 0 Å². The van der Waals surface area contributed by atoms with E-state index < -0.39 is 16.1 Å². The Balaban J connectivity index is 0.786. The number of hydrogen-bond donors (Lipinski definition) is 0. The summed E-state index contributed by atoms with van der Waals surface area (Å²) in [7, 11) is -5.95. The van der Waals surface area contributed by atoms with Crippen LogP contribution in [0.4, 0.5) is 0 Å². The summed E-state index contributed by atoms with van der Waals surface area (Å²) >= 11 is 12.0. The van der Waals surface area contributed by atoms with Crippen LogP contribution in [0.2, 0.25) is 0 Å². The Morgan fingerprint density at radius 1 is 0.204 bits per heavy atom. The molecule has 10 aromatic carbocycles. The maximum absolute atomic E-state index is 2.97. The van der Waals surface area contributed by atoms with Gasteiger partial charge in [-0.3, -0.25) is 0 Å². The van der Waals surface area contributed by atoms with E-state index in [9.17, 15) is 0 Å². The van der Waals surface area contributed by atoms with Crippen molar-refractivity contribution in [3.63, 3.8) is 0 Å². The quantitative estimate of drug-likeness (QED) is 0.0279. The maximum atomic E-state index is 2.70. The van der Waals surface area contributed by atoms with Crippen molar-refractivity contribution in [2.75, 3.05) is 0 Å². The third-order valence-corrected chi connectivity index (χ3v) is 44.6. The molecule has 16 aromatic rings. The van der Waals surface area contributed by atoms with E-state index >= 15 is 0 Å². The first-order chi connectivity index (χ1) is 55.9. The largest absolute Gasteiger partial charge is 0.212 e. The van der Waals surface area contributed by atoms with Gasteiger partial charge in [0.25, 0.3) is 0 Å². The van der Waals surface area contributed by atoms with Gasteiger partial charge in [0.1, 0.15) is 0 Å². The number of rotatable bonds is 34. The molecule has 6 heterocycles. The highest BCUT2D eigenvalue weighted by Crippen LogP contribution is 2.56. The molecule has 562 valence electrons. The molecule has 0 N–H and O–H groups in total. The van der Waals surface area contributed by atoms with Gasteiger partial charge in [-0.1, -0.05) is 408 Å². The van der Waals surface area contributed by atoms with E-state index in [1.165, 1.54) is 236 Å². The second-order valence-corrected chi connectivity index (χ2v) is 47.0. The molecular formula is C105H98S6Si2. The van der Waals surface area contributed by atoms with Gasteiger partial charge in [0.15, 0.2) is 0 Å². The van der Waals surface area contributed by atoms with Crippen molar-refractivity contribution >= 4 is 122 Å².